The Kier molecular flexibility index (Phi) is 8.70. The third kappa shape index (κ3) is 6.15. The number of carbonyl (C=O) groups is 2. The van der Waals surface area contributed by atoms with E-state index in [1.165, 1.54) is 23.9 Å². The lowest BCUT2D eigenvalue weighted by Crippen LogP contribution is -2.45. The van der Waals surface area contributed by atoms with Gasteiger partial charge < -0.3 is 15.2 Å². The van der Waals surface area contributed by atoms with Crippen LogP contribution in [0.4, 0.5) is 10.1 Å². The first-order chi connectivity index (χ1) is 19.4. The zero-order valence-electron chi connectivity index (χ0n) is 22.2. The SMILES string of the molecule is N=CC(C(=O)N1CCC(c2ccccc2)C1)C(=Nc1ccc(Cl)cc1)C1CCN(C(=O)c2ccccc2F)CC1. The number of carbonyl (C=O) groups excluding carboxylic acids is 2. The first-order valence-corrected chi connectivity index (χ1v) is 14.0. The number of nitrogens with one attached hydrogen (secondary N) is 1. The Hall–Kier alpha value is -3.84. The molecule has 1 N–H and O–H groups in total. The highest BCUT2D eigenvalue weighted by Gasteiger charge is 2.37. The molecule has 0 aromatic heterocycles. The highest BCUT2D eigenvalue weighted by molar-refractivity contribution is 6.30. The fourth-order valence-corrected chi connectivity index (χ4v) is 5.83. The minimum Gasteiger partial charge on any atom is -0.341 e. The van der Waals surface area contributed by atoms with Crippen LogP contribution < -0.4 is 0 Å². The standard InChI is InChI=1S/C32H32ClFN4O2/c33-25-10-12-26(13-11-25)36-30(23-14-17-37(18-15-23)31(39)27-8-4-5-9-29(27)34)28(20-35)32(40)38-19-16-24(21-38)22-6-2-1-3-7-22/h1-13,20,23-24,28,35H,14-19,21H2. The molecule has 40 heavy (non-hydrogen) atoms. The minimum absolute atomic E-state index is 0.0607. The van der Waals surface area contributed by atoms with Crippen LogP contribution in [-0.4, -0.2) is 59.7 Å². The van der Waals surface area contributed by atoms with E-state index in [0.717, 1.165) is 6.42 Å². The number of hydrogen-bond donors (Lipinski definition) is 1. The molecule has 2 amide bonds. The van der Waals surface area contributed by atoms with Crippen LogP contribution in [0.5, 0.6) is 0 Å². The minimum atomic E-state index is -0.802. The van der Waals surface area contributed by atoms with Crippen molar-refractivity contribution in [3.8, 4) is 0 Å². The molecule has 0 saturated carbocycles. The van der Waals surface area contributed by atoms with E-state index in [9.17, 15) is 14.0 Å². The van der Waals surface area contributed by atoms with Gasteiger partial charge in [0.2, 0.25) is 5.91 Å². The average Bonchev–Trinajstić information content (AvgIpc) is 3.49. The summed E-state index contributed by atoms with van der Waals surface area (Å²) in [5.41, 5.74) is 2.56. The van der Waals surface area contributed by atoms with E-state index in [1.54, 1.807) is 41.3 Å². The molecule has 6 nitrogen and oxygen atoms in total. The highest BCUT2D eigenvalue weighted by atomic mass is 35.5. The van der Waals surface area contributed by atoms with Crippen LogP contribution in [-0.2, 0) is 4.79 Å². The Morgan fingerprint density at radius 2 is 1.55 bits per heavy atom. The van der Waals surface area contributed by atoms with Crippen molar-refractivity contribution in [3.63, 3.8) is 0 Å². The first kappa shape index (κ1) is 27.7. The molecule has 2 aliphatic rings. The summed E-state index contributed by atoms with van der Waals surface area (Å²) in [5, 5.41) is 8.87. The van der Waals surface area contributed by atoms with Crippen LogP contribution in [0.15, 0.2) is 83.9 Å². The maximum Gasteiger partial charge on any atom is 0.256 e. The van der Waals surface area contributed by atoms with Crippen molar-refractivity contribution >= 4 is 41.0 Å². The number of rotatable bonds is 7. The maximum absolute atomic E-state index is 14.3. The lowest BCUT2D eigenvalue weighted by atomic mass is 9.84. The molecule has 206 valence electrons. The van der Waals surface area contributed by atoms with Crippen LogP contribution in [0.1, 0.15) is 41.1 Å². The number of piperidine rings is 1. The molecular weight excluding hydrogens is 527 g/mol. The summed E-state index contributed by atoms with van der Waals surface area (Å²) in [6.45, 7) is 2.07. The first-order valence-electron chi connectivity index (χ1n) is 13.7. The molecule has 8 heteroatoms. The Balaban J connectivity index is 1.36. The molecule has 3 aromatic rings. The van der Waals surface area contributed by atoms with Crippen molar-refractivity contribution in [2.24, 2.45) is 16.8 Å². The number of aliphatic imine (C=N–C) groups is 1. The molecule has 0 bridgehead atoms. The van der Waals surface area contributed by atoms with Crippen molar-refractivity contribution in [2.75, 3.05) is 26.2 Å². The van der Waals surface area contributed by atoms with Crippen LogP contribution in [0, 0.1) is 23.1 Å². The van der Waals surface area contributed by atoms with Crippen molar-refractivity contribution in [1.29, 1.82) is 5.41 Å². The summed E-state index contributed by atoms with van der Waals surface area (Å²) >= 11 is 6.09. The normalized spacial score (nSPS) is 18.9. The molecule has 0 aliphatic carbocycles. The van der Waals surface area contributed by atoms with E-state index >= 15 is 0 Å². The second kappa shape index (κ2) is 12.6. The fraction of sp³-hybridized carbons (Fsp3) is 0.312. The van der Waals surface area contributed by atoms with Gasteiger partial charge in [0.15, 0.2) is 0 Å². The van der Waals surface area contributed by atoms with Gasteiger partial charge in [0.05, 0.1) is 11.3 Å². The van der Waals surface area contributed by atoms with Gasteiger partial charge in [-0.3, -0.25) is 14.6 Å². The summed E-state index contributed by atoms with van der Waals surface area (Å²) in [6.07, 6.45) is 3.21. The summed E-state index contributed by atoms with van der Waals surface area (Å²) in [7, 11) is 0. The predicted octanol–water partition coefficient (Wildman–Crippen LogP) is 6.39. The van der Waals surface area contributed by atoms with Gasteiger partial charge in [-0.15, -0.1) is 0 Å². The van der Waals surface area contributed by atoms with Crippen molar-refractivity contribution in [2.45, 2.75) is 25.2 Å². The van der Waals surface area contributed by atoms with E-state index in [0.29, 0.717) is 55.4 Å². The molecule has 2 atom stereocenters. The van der Waals surface area contributed by atoms with Crippen LogP contribution in [0.2, 0.25) is 5.02 Å². The van der Waals surface area contributed by atoms with Gasteiger partial charge in [0.1, 0.15) is 11.7 Å². The fourth-order valence-electron chi connectivity index (χ4n) is 5.70. The molecule has 2 fully saturated rings. The van der Waals surface area contributed by atoms with Gasteiger partial charge in [0, 0.05) is 55.0 Å². The van der Waals surface area contributed by atoms with Gasteiger partial charge in [-0.05, 0) is 61.2 Å². The topological polar surface area (TPSA) is 76.8 Å². The lowest BCUT2D eigenvalue weighted by Gasteiger charge is -2.34. The molecule has 2 unspecified atom stereocenters. The van der Waals surface area contributed by atoms with Gasteiger partial charge in [-0.2, -0.15) is 0 Å². The van der Waals surface area contributed by atoms with E-state index < -0.39 is 11.7 Å². The van der Waals surface area contributed by atoms with Crippen molar-refractivity contribution in [3.05, 3.63) is 101 Å². The number of likely N-dealkylation sites (tertiary alicyclic amines) is 2. The Labute approximate surface area is 239 Å². The number of nitrogens with zero attached hydrogens (tertiary/aromatic N) is 3. The lowest BCUT2D eigenvalue weighted by molar-refractivity contribution is -0.130. The Morgan fingerprint density at radius 3 is 2.23 bits per heavy atom. The Morgan fingerprint density at radius 1 is 0.900 bits per heavy atom. The predicted molar refractivity (Wildman–Crippen MR) is 156 cm³/mol. The van der Waals surface area contributed by atoms with Crippen molar-refractivity contribution in [1.82, 2.24) is 9.80 Å². The molecule has 2 aliphatic heterocycles. The monoisotopic (exact) mass is 558 g/mol. The quantitative estimate of drug-likeness (QED) is 0.341. The molecule has 2 saturated heterocycles. The summed E-state index contributed by atoms with van der Waals surface area (Å²) in [6, 6.07) is 23.3. The number of amides is 2. The van der Waals surface area contributed by atoms with Gasteiger partial charge >= 0.3 is 0 Å². The van der Waals surface area contributed by atoms with E-state index in [-0.39, 0.29) is 29.2 Å². The zero-order chi connectivity index (χ0) is 28.1. The van der Waals surface area contributed by atoms with E-state index in [1.807, 2.05) is 23.1 Å². The van der Waals surface area contributed by atoms with Gasteiger partial charge in [-0.1, -0.05) is 54.1 Å². The van der Waals surface area contributed by atoms with Crippen molar-refractivity contribution < 1.29 is 14.0 Å². The molecular formula is C32H32ClFN4O2. The molecule has 0 radical (unpaired) electrons. The summed E-state index contributed by atoms with van der Waals surface area (Å²) < 4.78 is 14.3. The smallest absolute Gasteiger partial charge is 0.256 e. The zero-order valence-corrected chi connectivity index (χ0v) is 22.9. The summed E-state index contributed by atoms with van der Waals surface area (Å²) in [5.74, 6) is -1.63. The largest absolute Gasteiger partial charge is 0.341 e. The summed E-state index contributed by atoms with van der Waals surface area (Å²) in [4.78, 5) is 35.2. The van der Waals surface area contributed by atoms with Crippen LogP contribution in [0.3, 0.4) is 0 Å². The molecule has 2 heterocycles. The average molecular weight is 559 g/mol. The molecule has 3 aromatic carbocycles. The maximum atomic E-state index is 14.3. The third-order valence-corrected chi connectivity index (χ3v) is 8.16. The number of benzene rings is 3. The third-order valence-electron chi connectivity index (χ3n) is 7.91. The Bertz CT molecular complexity index is 1390. The van der Waals surface area contributed by atoms with Crippen LogP contribution >= 0.6 is 11.6 Å². The second-order valence-electron chi connectivity index (χ2n) is 10.4. The molecule has 5 rings (SSSR count). The van der Waals surface area contributed by atoms with E-state index in [4.69, 9.17) is 22.0 Å². The second-order valence-corrected chi connectivity index (χ2v) is 10.8. The number of halogens is 2. The van der Waals surface area contributed by atoms with Gasteiger partial charge in [-0.25, -0.2) is 4.39 Å². The number of hydrogen-bond acceptors (Lipinski definition) is 4. The van der Waals surface area contributed by atoms with Crippen LogP contribution in [0.25, 0.3) is 0 Å². The van der Waals surface area contributed by atoms with E-state index in [2.05, 4.69) is 12.1 Å². The highest BCUT2D eigenvalue weighted by Crippen LogP contribution is 2.31. The van der Waals surface area contributed by atoms with Gasteiger partial charge in [0.25, 0.3) is 5.91 Å². The molecule has 0 spiro atoms.